The molecule has 0 radical (unpaired) electrons. The van der Waals surface area contributed by atoms with E-state index in [1.807, 2.05) is 0 Å². The summed E-state index contributed by atoms with van der Waals surface area (Å²) in [6, 6.07) is 10.3. The van der Waals surface area contributed by atoms with E-state index in [0.717, 1.165) is 6.07 Å². The third-order valence-corrected chi connectivity index (χ3v) is 4.03. The van der Waals surface area contributed by atoms with Gasteiger partial charge in [0, 0.05) is 5.56 Å². The predicted octanol–water partition coefficient (Wildman–Crippen LogP) is 3.60. The van der Waals surface area contributed by atoms with E-state index in [9.17, 15) is 21.6 Å². The van der Waals surface area contributed by atoms with Gasteiger partial charge in [-0.2, -0.15) is 21.6 Å². The molecule has 0 amide bonds. The van der Waals surface area contributed by atoms with Crippen molar-refractivity contribution in [2.75, 3.05) is 14.2 Å². The number of benzene rings is 2. The Kier molecular flexibility index (Phi) is 4.93. The summed E-state index contributed by atoms with van der Waals surface area (Å²) in [5.74, 6) is -0.0678. The van der Waals surface area contributed by atoms with Crippen molar-refractivity contribution in [1.82, 2.24) is 0 Å². The van der Waals surface area contributed by atoms with Crippen molar-refractivity contribution in [3.05, 3.63) is 42.5 Å². The van der Waals surface area contributed by atoms with Crippen LogP contribution in [0.1, 0.15) is 0 Å². The van der Waals surface area contributed by atoms with E-state index in [2.05, 4.69) is 4.18 Å². The molecule has 0 atom stereocenters. The lowest BCUT2D eigenvalue weighted by Gasteiger charge is -2.17. The minimum Gasteiger partial charge on any atom is -0.496 e. The van der Waals surface area contributed by atoms with Gasteiger partial charge < -0.3 is 13.7 Å². The van der Waals surface area contributed by atoms with Crippen LogP contribution in [0.4, 0.5) is 13.2 Å². The number of alkyl halides is 3. The van der Waals surface area contributed by atoms with Crippen molar-refractivity contribution in [2.45, 2.75) is 5.51 Å². The van der Waals surface area contributed by atoms with Crippen molar-refractivity contribution in [2.24, 2.45) is 0 Å². The molecule has 0 heterocycles. The van der Waals surface area contributed by atoms with Gasteiger partial charge in [-0.15, -0.1) is 0 Å². The molecule has 0 saturated heterocycles. The average molecular weight is 362 g/mol. The third-order valence-electron chi connectivity index (χ3n) is 3.07. The Bertz CT molecular complexity index is 831. The molecule has 0 saturated carbocycles. The van der Waals surface area contributed by atoms with Crippen LogP contribution in [-0.2, 0) is 10.1 Å². The molecule has 0 unspecified atom stereocenters. The average Bonchev–Trinajstić information content (AvgIpc) is 2.53. The van der Waals surface area contributed by atoms with Crippen molar-refractivity contribution < 1.29 is 35.2 Å². The van der Waals surface area contributed by atoms with Gasteiger partial charge in [-0.25, -0.2) is 0 Å². The van der Waals surface area contributed by atoms with Crippen molar-refractivity contribution in [3.8, 4) is 28.4 Å². The Morgan fingerprint density at radius 2 is 1.38 bits per heavy atom. The molecular formula is C15H13F3O5S. The molecule has 0 aliphatic heterocycles. The fourth-order valence-electron chi connectivity index (χ4n) is 2.03. The molecule has 5 nitrogen and oxygen atoms in total. The van der Waals surface area contributed by atoms with Crippen molar-refractivity contribution in [3.63, 3.8) is 0 Å². The fraction of sp³-hybridized carbons (Fsp3) is 0.200. The Labute approximate surface area is 136 Å². The zero-order chi connectivity index (χ0) is 18.0. The highest BCUT2D eigenvalue weighted by molar-refractivity contribution is 7.88. The van der Waals surface area contributed by atoms with Crippen LogP contribution < -0.4 is 13.7 Å². The molecule has 0 bridgehead atoms. The summed E-state index contributed by atoms with van der Waals surface area (Å²) < 4.78 is 75.1. The predicted molar refractivity (Wildman–Crippen MR) is 80.6 cm³/mol. The normalized spacial score (nSPS) is 11.9. The van der Waals surface area contributed by atoms with E-state index in [1.165, 1.54) is 26.4 Å². The van der Waals surface area contributed by atoms with E-state index >= 15 is 0 Å². The van der Waals surface area contributed by atoms with Gasteiger partial charge in [0.15, 0.2) is 5.75 Å². The van der Waals surface area contributed by atoms with E-state index in [4.69, 9.17) is 9.47 Å². The Morgan fingerprint density at radius 3 is 1.96 bits per heavy atom. The quantitative estimate of drug-likeness (QED) is 0.601. The van der Waals surface area contributed by atoms with Crippen molar-refractivity contribution >= 4 is 10.1 Å². The first-order chi connectivity index (χ1) is 11.2. The van der Waals surface area contributed by atoms with E-state index in [-0.39, 0.29) is 11.3 Å². The maximum Gasteiger partial charge on any atom is 0.534 e. The molecule has 0 aromatic heterocycles. The summed E-state index contributed by atoms with van der Waals surface area (Å²) in [5, 5.41) is 0. The minimum absolute atomic E-state index is 0.0327. The zero-order valence-electron chi connectivity index (χ0n) is 12.6. The summed E-state index contributed by atoms with van der Waals surface area (Å²) in [6.45, 7) is 0. The smallest absolute Gasteiger partial charge is 0.496 e. The Balaban J connectivity index is 2.67. The number of hydrogen-bond acceptors (Lipinski definition) is 5. The first-order valence-electron chi connectivity index (χ1n) is 6.52. The van der Waals surface area contributed by atoms with Crippen LogP contribution in [0, 0.1) is 0 Å². The summed E-state index contributed by atoms with van der Waals surface area (Å²) in [5.41, 5.74) is -5.19. The molecule has 0 spiro atoms. The van der Waals surface area contributed by atoms with Crippen molar-refractivity contribution in [1.29, 1.82) is 0 Å². The molecule has 130 valence electrons. The maximum atomic E-state index is 12.6. The molecule has 24 heavy (non-hydrogen) atoms. The van der Waals surface area contributed by atoms with Crippen LogP contribution >= 0.6 is 0 Å². The van der Waals surface area contributed by atoms with Crippen LogP contribution in [0.5, 0.6) is 17.2 Å². The lowest BCUT2D eigenvalue weighted by molar-refractivity contribution is -0.0499. The first-order valence-corrected chi connectivity index (χ1v) is 7.93. The highest BCUT2D eigenvalue weighted by Gasteiger charge is 2.49. The van der Waals surface area contributed by atoms with Gasteiger partial charge in [-0.1, -0.05) is 24.3 Å². The fourth-order valence-corrected chi connectivity index (χ4v) is 2.50. The highest BCUT2D eigenvalue weighted by atomic mass is 32.2. The number of para-hydroxylation sites is 1. The molecule has 2 rings (SSSR count). The molecule has 2 aromatic rings. The van der Waals surface area contributed by atoms with E-state index in [1.54, 1.807) is 24.3 Å². The van der Waals surface area contributed by atoms with E-state index < -0.39 is 21.4 Å². The molecular weight excluding hydrogens is 349 g/mol. The molecule has 0 aliphatic rings. The lowest BCUT2D eigenvalue weighted by Crippen LogP contribution is -2.28. The number of ether oxygens (including phenoxy) is 2. The van der Waals surface area contributed by atoms with Gasteiger partial charge >= 0.3 is 15.6 Å². The van der Waals surface area contributed by atoms with Crippen LogP contribution in [0.3, 0.4) is 0 Å². The second kappa shape index (κ2) is 6.60. The highest BCUT2D eigenvalue weighted by Crippen LogP contribution is 2.43. The molecule has 2 aromatic carbocycles. The number of rotatable bonds is 5. The minimum atomic E-state index is -5.82. The van der Waals surface area contributed by atoms with Gasteiger partial charge in [0.1, 0.15) is 11.5 Å². The zero-order valence-corrected chi connectivity index (χ0v) is 13.4. The Hall–Kier alpha value is -2.42. The molecule has 0 N–H and O–H groups in total. The van der Waals surface area contributed by atoms with Crippen LogP contribution in [0.15, 0.2) is 42.5 Å². The summed E-state index contributed by atoms with van der Waals surface area (Å²) in [6.07, 6.45) is 0. The van der Waals surface area contributed by atoms with Crippen LogP contribution in [0.25, 0.3) is 11.1 Å². The van der Waals surface area contributed by atoms with Gasteiger partial charge in [0.25, 0.3) is 0 Å². The van der Waals surface area contributed by atoms with Gasteiger partial charge in [0.2, 0.25) is 0 Å². The maximum absolute atomic E-state index is 12.6. The first kappa shape index (κ1) is 17.9. The number of halogens is 3. The van der Waals surface area contributed by atoms with Gasteiger partial charge in [-0.05, 0) is 18.2 Å². The van der Waals surface area contributed by atoms with Gasteiger partial charge in [-0.3, -0.25) is 0 Å². The molecule has 0 aliphatic carbocycles. The molecule has 9 heteroatoms. The summed E-state index contributed by atoms with van der Waals surface area (Å²) >= 11 is 0. The lowest BCUT2D eigenvalue weighted by atomic mass is 10.0. The SMILES string of the molecule is COc1ccccc1-c1c(OC)cccc1OS(=O)(=O)C(F)(F)F. The number of hydrogen-bond donors (Lipinski definition) is 0. The van der Waals surface area contributed by atoms with Crippen LogP contribution in [-0.4, -0.2) is 28.1 Å². The second-order valence-electron chi connectivity index (χ2n) is 4.52. The molecule has 0 fully saturated rings. The second-order valence-corrected chi connectivity index (χ2v) is 6.05. The number of methoxy groups -OCH3 is 2. The third kappa shape index (κ3) is 3.40. The van der Waals surface area contributed by atoms with E-state index in [0.29, 0.717) is 11.3 Å². The Morgan fingerprint density at radius 1 is 0.833 bits per heavy atom. The van der Waals surface area contributed by atoms with Crippen LogP contribution in [0.2, 0.25) is 0 Å². The summed E-state index contributed by atoms with van der Waals surface area (Å²) in [4.78, 5) is 0. The topological polar surface area (TPSA) is 61.8 Å². The standard InChI is InChI=1S/C15H13F3O5S/c1-21-11-7-4-3-6-10(11)14-12(22-2)8-5-9-13(14)23-24(19,20)15(16,17)18/h3-9H,1-2H3. The summed E-state index contributed by atoms with van der Waals surface area (Å²) in [7, 11) is -3.14. The monoisotopic (exact) mass is 362 g/mol. The largest absolute Gasteiger partial charge is 0.534 e. The van der Waals surface area contributed by atoms with Gasteiger partial charge in [0.05, 0.1) is 19.8 Å².